The molecule has 0 aromatic heterocycles. The monoisotopic (exact) mass is 380 g/mol. The molecule has 0 aliphatic carbocycles. The lowest BCUT2D eigenvalue weighted by Crippen LogP contribution is -2.25. The van der Waals surface area contributed by atoms with Crippen LogP contribution in [0, 0.1) is 0 Å². The van der Waals surface area contributed by atoms with Gasteiger partial charge in [-0.05, 0) is 30.7 Å². The lowest BCUT2D eigenvalue weighted by Gasteiger charge is -2.21. The number of hydrogen-bond acceptors (Lipinski definition) is 4. The number of carbonyl (C=O) groups is 2. The summed E-state index contributed by atoms with van der Waals surface area (Å²) in [4.78, 5) is 25.9. The van der Waals surface area contributed by atoms with Gasteiger partial charge in [0.25, 0.3) is 5.91 Å². The zero-order chi connectivity index (χ0) is 20.1. The Labute approximate surface area is 164 Å². The summed E-state index contributed by atoms with van der Waals surface area (Å²) in [6, 6.07) is 13.1. The lowest BCUT2D eigenvalue weighted by atomic mass is 10.1. The maximum atomic E-state index is 12.8. The predicted octanol–water partition coefficient (Wildman–Crippen LogP) is 3.48. The summed E-state index contributed by atoms with van der Waals surface area (Å²) in [5.41, 5.74) is 2.88. The molecule has 1 aliphatic heterocycles. The van der Waals surface area contributed by atoms with Gasteiger partial charge in [-0.3, -0.25) is 9.59 Å². The first-order chi connectivity index (χ1) is 13.5. The Hall–Kier alpha value is -3.28. The molecule has 0 fully saturated rings. The number of nitrogens with zero attached hydrogens (tertiary/aromatic N) is 1. The second-order valence-corrected chi connectivity index (χ2v) is 6.55. The highest BCUT2D eigenvalue weighted by Gasteiger charge is 2.21. The Morgan fingerprint density at radius 2 is 1.96 bits per heavy atom. The molecule has 0 bridgehead atoms. The maximum Gasteiger partial charge on any atom is 0.255 e. The van der Waals surface area contributed by atoms with Crippen LogP contribution in [0.25, 0.3) is 6.08 Å². The van der Waals surface area contributed by atoms with Gasteiger partial charge < -0.3 is 19.7 Å². The highest BCUT2D eigenvalue weighted by atomic mass is 16.5. The molecule has 6 heteroatoms. The van der Waals surface area contributed by atoms with Crippen LogP contribution in [-0.2, 0) is 16.1 Å². The molecule has 1 N–H and O–H groups in total. The SMILES string of the molecule is CCOc1cccc2c1OCC(C(=O)Nc1ccccc1CN(C)C(C)=O)=C2. The van der Waals surface area contributed by atoms with E-state index < -0.39 is 0 Å². The minimum Gasteiger partial charge on any atom is -0.490 e. The van der Waals surface area contributed by atoms with Crippen molar-refractivity contribution in [2.24, 2.45) is 0 Å². The molecular formula is C22H24N2O4. The third-order valence-electron chi connectivity index (χ3n) is 4.51. The summed E-state index contributed by atoms with van der Waals surface area (Å²) in [6.07, 6.45) is 1.82. The molecule has 28 heavy (non-hydrogen) atoms. The van der Waals surface area contributed by atoms with Gasteiger partial charge in [0.05, 0.1) is 12.2 Å². The van der Waals surface area contributed by atoms with Gasteiger partial charge in [0.2, 0.25) is 5.91 Å². The van der Waals surface area contributed by atoms with Gasteiger partial charge >= 0.3 is 0 Å². The van der Waals surface area contributed by atoms with Gasteiger partial charge in [-0.15, -0.1) is 0 Å². The van der Waals surface area contributed by atoms with Gasteiger partial charge in [-0.25, -0.2) is 0 Å². The van der Waals surface area contributed by atoms with Crippen molar-refractivity contribution in [1.29, 1.82) is 0 Å². The molecule has 0 radical (unpaired) electrons. The van der Waals surface area contributed by atoms with Crippen molar-refractivity contribution in [3.8, 4) is 11.5 Å². The van der Waals surface area contributed by atoms with Gasteiger partial charge in [-0.2, -0.15) is 0 Å². The van der Waals surface area contributed by atoms with E-state index in [0.29, 0.717) is 35.9 Å². The summed E-state index contributed by atoms with van der Waals surface area (Å²) in [5, 5.41) is 2.94. The zero-order valence-corrected chi connectivity index (χ0v) is 16.3. The Bertz CT molecular complexity index is 921. The maximum absolute atomic E-state index is 12.8. The molecule has 146 valence electrons. The Morgan fingerprint density at radius 3 is 2.71 bits per heavy atom. The Morgan fingerprint density at radius 1 is 1.18 bits per heavy atom. The van der Waals surface area contributed by atoms with Crippen molar-refractivity contribution >= 4 is 23.6 Å². The number of fused-ring (bicyclic) bond motifs is 1. The van der Waals surface area contributed by atoms with Crippen LogP contribution in [0.3, 0.4) is 0 Å². The first-order valence-electron chi connectivity index (χ1n) is 9.19. The number of rotatable bonds is 6. The first-order valence-corrected chi connectivity index (χ1v) is 9.19. The van der Waals surface area contributed by atoms with Crippen molar-refractivity contribution in [1.82, 2.24) is 4.90 Å². The number of hydrogen-bond donors (Lipinski definition) is 1. The number of ether oxygens (including phenoxy) is 2. The average molecular weight is 380 g/mol. The van der Waals surface area contributed by atoms with Crippen LogP contribution in [0.15, 0.2) is 48.0 Å². The summed E-state index contributed by atoms with van der Waals surface area (Å²) < 4.78 is 11.4. The van der Waals surface area contributed by atoms with E-state index in [0.717, 1.165) is 11.1 Å². The summed E-state index contributed by atoms with van der Waals surface area (Å²) in [6.45, 7) is 4.56. The molecule has 0 saturated carbocycles. The van der Waals surface area contributed by atoms with Crippen molar-refractivity contribution in [3.05, 3.63) is 59.2 Å². The second kappa shape index (κ2) is 8.61. The van der Waals surface area contributed by atoms with Crippen LogP contribution in [0.5, 0.6) is 11.5 Å². The molecule has 0 unspecified atom stereocenters. The topological polar surface area (TPSA) is 67.9 Å². The Kier molecular flexibility index (Phi) is 5.99. The van der Waals surface area contributed by atoms with Crippen LogP contribution in [0.1, 0.15) is 25.0 Å². The fraction of sp³-hybridized carbons (Fsp3) is 0.273. The van der Waals surface area contributed by atoms with Crippen LogP contribution in [0.4, 0.5) is 5.69 Å². The van der Waals surface area contributed by atoms with Crippen molar-refractivity contribution < 1.29 is 19.1 Å². The molecule has 0 atom stereocenters. The molecule has 2 aromatic carbocycles. The number of anilines is 1. The minimum absolute atomic E-state index is 0.0359. The van der Waals surface area contributed by atoms with E-state index in [1.165, 1.54) is 6.92 Å². The van der Waals surface area contributed by atoms with Gasteiger partial charge in [0.1, 0.15) is 6.61 Å². The second-order valence-electron chi connectivity index (χ2n) is 6.55. The van der Waals surface area contributed by atoms with E-state index in [1.807, 2.05) is 55.5 Å². The fourth-order valence-electron chi connectivity index (χ4n) is 2.93. The third-order valence-corrected chi connectivity index (χ3v) is 4.51. The zero-order valence-electron chi connectivity index (χ0n) is 16.3. The number of benzene rings is 2. The predicted molar refractivity (Wildman–Crippen MR) is 108 cm³/mol. The molecule has 3 rings (SSSR count). The normalized spacial score (nSPS) is 12.3. The molecule has 1 aliphatic rings. The van der Waals surface area contributed by atoms with E-state index >= 15 is 0 Å². The molecule has 0 spiro atoms. The fourth-order valence-corrected chi connectivity index (χ4v) is 2.93. The van der Waals surface area contributed by atoms with Crippen LogP contribution in [-0.4, -0.2) is 37.0 Å². The van der Waals surface area contributed by atoms with E-state index in [9.17, 15) is 9.59 Å². The van der Waals surface area contributed by atoms with E-state index in [2.05, 4.69) is 5.32 Å². The van der Waals surface area contributed by atoms with Crippen LogP contribution >= 0.6 is 0 Å². The number of para-hydroxylation sites is 2. The summed E-state index contributed by atoms with van der Waals surface area (Å²) in [5.74, 6) is 1.06. The molecule has 2 aromatic rings. The number of carbonyl (C=O) groups excluding carboxylic acids is 2. The molecule has 1 heterocycles. The highest BCUT2D eigenvalue weighted by Crippen LogP contribution is 2.36. The largest absolute Gasteiger partial charge is 0.490 e. The van der Waals surface area contributed by atoms with E-state index in [4.69, 9.17) is 9.47 Å². The van der Waals surface area contributed by atoms with Gasteiger partial charge in [-0.1, -0.05) is 30.3 Å². The molecular weight excluding hydrogens is 356 g/mol. The quantitative estimate of drug-likeness (QED) is 0.833. The number of amides is 2. The average Bonchev–Trinajstić information content (AvgIpc) is 2.69. The van der Waals surface area contributed by atoms with Gasteiger partial charge in [0, 0.05) is 31.8 Å². The molecule has 0 saturated heterocycles. The van der Waals surface area contributed by atoms with Crippen LogP contribution < -0.4 is 14.8 Å². The Balaban J connectivity index is 1.79. The van der Waals surface area contributed by atoms with E-state index in [-0.39, 0.29) is 18.4 Å². The first kappa shape index (κ1) is 19.5. The number of nitrogens with one attached hydrogen (secondary N) is 1. The molecule has 2 amide bonds. The standard InChI is InChI=1S/C22H24N2O4/c1-4-27-20-11-7-9-16-12-18(14-28-21(16)20)22(26)23-19-10-6-5-8-17(19)13-24(3)15(2)25/h5-12H,4,13-14H2,1-3H3,(H,23,26). The van der Waals surface area contributed by atoms with Crippen molar-refractivity contribution in [3.63, 3.8) is 0 Å². The summed E-state index contributed by atoms with van der Waals surface area (Å²) >= 11 is 0. The van der Waals surface area contributed by atoms with Gasteiger partial charge in [0.15, 0.2) is 11.5 Å². The van der Waals surface area contributed by atoms with E-state index in [1.54, 1.807) is 11.9 Å². The third kappa shape index (κ3) is 4.34. The minimum atomic E-state index is -0.231. The lowest BCUT2D eigenvalue weighted by molar-refractivity contribution is -0.128. The van der Waals surface area contributed by atoms with Crippen LogP contribution in [0.2, 0.25) is 0 Å². The molecule has 6 nitrogen and oxygen atoms in total. The van der Waals surface area contributed by atoms with Crippen molar-refractivity contribution in [2.75, 3.05) is 25.6 Å². The van der Waals surface area contributed by atoms with Crippen molar-refractivity contribution in [2.45, 2.75) is 20.4 Å². The summed E-state index contributed by atoms with van der Waals surface area (Å²) in [7, 11) is 1.73. The smallest absolute Gasteiger partial charge is 0.255 e. The highest BCUT2D eigenvalue weighted by molar-refractivity contribution is 6.08.